The van der Waals surface area contributed by atoms with Gasteiger partial charge in [0.15, 0.2) is 0 Å². The van der Waals surface area contributed by atoms with E-state index in [1.807, 2.05) is 30.5 Å². The highest BCUT2D eigenvalue weighted by atomic mass is 16.1. The molecule has 1 heterocycles. The van der Waals surface area contributed by atoms with Crippen molar-refractivity contribution in [1.82, 2.24) is 10.3 Å². The van der Waals surface area contributed by atoms with Crippen LogP contribution in [0.2, 0.25) is 0 Å². The number of aromatic amines is 1. The van der Waals surface area contributed by atoms with Gasteiger partial charge in [-0.05, 0) is 37.0 Å². The van der Waals surface area contributed by atoms with Gasteiger partial charge in [-0.2, -0.15) is 0 Å². The molecule has 0 aliphatic heterocycles. The highest BCUT2D eigenvalue weighted by Gasteiger charge is 2.23. The molecule has 3 rings (SSSR count). The molecule has 2 unspecified atom stereocenters. The quantitative estimate of drug-likeness (QED) is 0.873. The van der Waals surface area contributed by atoms with E-state index in [1.165, 1.54) is 19.3 Å². The molecule has 2 N–H and O–H groups in total. The van der Waals surface area contributed by atoms with E-state index in [0.717, 1.165) is 35.2 Å². The molecule has 1 aliphatic carbocycles. The average molecular weight is 270 g/mol. The first kappa shape index (κ1) is 13.2. The summed E-state index contributed by atoms with van der Waals surface area (Å²) in [5.41, 5.74) is 1.80. The Morgan fingerprint density at radius 2 is 2.25 bits per heavy atom. The van der Waals surface area contributed by atoms with Crippen molar-refractivity contribution in [3.63, 3.8) is 0 Å². The molecule has 1 amide bonds. The maximum absolute atomic E-state index is 12.5. The molecule has 1 saturated carbocycles. The molecule has 0 bridgehead atoms. The van der Waals surface area contributed by atoms with Gasteiger partial charge in [-0.1, -0.05) is 32.3 Å². The van der Waals surface area contributed by atoms with Crippen LogP contribution in [0, 0.1) is 5.92 Å². The van der Waals surface area contributed by atoms with Crippen LogP contribution in [0.3, 0.4) is 0 Å². The lowest BCUT2D eigenvalue weighted by Crippen LogP contribution is -2.38. The highest BCUT2D eigenvalue weighted by molar-refractivity contribution is 6.06. The molecule has 1 aliphatic rings. The van der Waals surface area contributed by atoms with E-state index < -0.39 is 0 Å². The van der Waals surface area contributed by atoms with E-state index in [0.29, 0.717) is 6.04 Å². The second-order valence-corrected chi connectivity index (χ2v) is 5.86. The molecule has 1 aromatic carbocycles. The number of benzene rings is 1. The van der Waals surface area contributed by atoms with Crippen LogP contribution in [-0.2, 0) is 0 Å². The van der Waals surface area contributed by atoms with Crippen molar-refractivity contribution in [2.75, 3.05) is 0 Å². The van der Waals surface area contributed by atoms with Gasteiger partial charge in [-0.15, -0.1) is 0 Å². The summed E-state index contributed by atoms with van der Waals surface area (Å²) < 4.78 is 0. The lowest BCUT2D eigenvalue weighted by atomic mass is 9.84. The Kier molecular flexibility index (Phi) is 3.77. The van der Waals surface area contributed by atoms with Crippen LogP contribution in [0.1, 0.15) is 49.4 Å². The maximum Gasteiger partial charge on any atom is 0.252 e. The summed E-state index contributed by atoms with van der Waals surface area (Å²) >= 11 is 0. The predicted molar refractivity (Wildman–Crippen MR) is 81.8 cm³/mol. The van der Waals surface area contributed by atoms with E-state index in [9.17, 15) is 4.79 Å². The average Bonchev–Trinajstić information content (AvgIpc) is 2.95. The predicted octanol–water partition coefficient (Wildman–Crippen LogP) is 3.87. The summed E-state index contributed by atoms with van der Waals surface area (Å²) in [6, 6.07) is 8.16. The SMILES string of the molecule is CCC1CCCC(NC(=O)c2cccc3[nH]ccc23)C1. The maximum atomic E-state index is 12.5. The largest absolute Gasteiger partial charge is 0.361 e. The van der Waals surface area contributed by atoms with E-state index in [2.05, 4.69) is 17.2 Å². The van der Waals surface area contributed by atoms with Crippen LogP contribution in [0.4, 0.5) is 0 Å². The van der Waals surface area contributed by atoms with Crippen molar-refractivity contribution in [3.05, 3.63) is 36.0 Å². The normalized spacial score (nSPS) is 22.9. The minimum Gasteiger partial charge on any atom is -0.361 e. The van der Waals surface area contributed by atoms with Crippen LogP contribution in [0.5, 0.6) is 0 Å². The molecule has 2 aromatic rings. The van der Waals surface area contributed by atoms with Crippen LogP contribution in [0.25, 0.3) is 10.9 Å². The zero-order chi connectivity index (χ0) is 13.9. The van der Waals surface area contributed by atoms with Crippen molar-refractivity contribution >= 4 is 16.8 Å². The number of nitrogens with one attached hydrogen (secondary N) is 2. The summed E-state index contributed by atoms with van der Waals surface area (Å²) in [5, 5.41) is 4.24. The fraction of sp³-hybridized carbons (Fsp3) is 0.471. The van der Waals surface area contributed by atoms with Crippen molar-refractivity contribution in [3.8, 4) is 0 Å². The van der Waals surface area contributed by atoms with Crippen LogP contribution in [-0.4, -0.2) is 16.9 Å². The van der Waals surface area contributed by atoms with Gasteiger partial charge in [0, 0.05) is 28.7 Å². The first-order chi connectivity index (χ1) is 9.78. The number of hydrogen-bond acceptors (Lipinski definition) is 1. The van der Waals surface area contributed by atoms with Gasteiger partial charge in [0.1, 0.15) is 0 Å². The van der Waals surface area contributed by atoms with E-state index in [1.54, 1.807) is 0 Å². The Labute approximate surface area is 119 Å². The molecule has 3 nitrogen and oxygen atoms in total. The highest BCUT2D eigenvalue weighted by Crippen LogP contribution is 2.27. The molecule has 20 heavy (non-hydrogen) atoms. The molecule has 2 atom stereocenters. The van der Waals surface area contributed by atoms with Gasteiger partial charge in [-0.3, -0.25) is 4.79 Å². The van der Waals surface area contributed by atoms with Crippen molar-refractivity contribution < 1.29 is 4.79 Å². The van der Waals surface area contributed by atoms with Crippen LogP contribution in [0.15, 0.2) is 30.5 Å². The van der Waals surface area contributed by atoms with E-state index >= 15 is 0 Å². The number of fused-ring (bicyclic) bond motifs is 1. The Morgan fingerprint density at radius 3 is 3.10 bits per heavy atom. The van der Waals surface area contributed by atoms with Gasteiger partial charge in [0.05, 0.1) is 0 Å². The minimum atomic E-state index is 0.0666. The Bertz CT molecular complexity index is 602. The summed E-state index contributed by atoms with van der Waals surface area (Å²) in [5.74, 6) is 0.842. The molecular weight excluding hydrogens is 248 g/mol. The smallest absolute Gasteiger partial charge is 0.252 e. The van der Waals surface area contributed by atoms with Gasteiger partial charge in [0.2, 0.25) is 0 Å². The number of rotatable bonds is 3. The summed E-state index contributed by atoms with van der Waals surface area (Å²) in [6.07, 6.45) is 7.90. The monoisotopic (exact) mass is 270 g/mol. The molecule has 1 aromatic heterocycles. The molecule has 0 spiro atoms. The van der Waals surface area contributed by atoms with Crippen molar-refractivity contribution in [2.24, 2.45) is 5.92 Å². The second kappa shape index (κ2) is 5.70. The lowest BCUT2D eigenvalue weighted by Gasteiger charge is -2.29. The fourth-order valence-corrected chi connectivity index (χ4v) is 3.34. The molecule has 0 radical (unpaired) electrons. The van der Waals surface area contributed by atoms with Crippen LogP contribution < -0.4 is 5.32 Å². The molecule has 0 saturated heterocycles. The zero-order valence-electron chi connectivity index (χ0n) is 12.0. The number of H-pyrrole nitrogens is 1. The summed E-state index contributed by atoms with van der Waals surface area (Å²) in [6.45, 7) is 2.25. The summed E-state index contributed by atoms with van der Waals surface area (Å²) in [7, 11) is 0. The number of carbonyl (C=O) groups excluding carboxylic acids is 1. The third kappa shape index (κ3) is 2.58. The first-order valence-corrected chi connectivity index (χ1v) is 7.65. The van der Waals surface area contributed by atoms with Crippen molar-refractivity contribution in [1.29, 1.82) is 0 Å². The van der Waals surface area contributed by atoms with Crippen LogP contribution >= 0.6 is 0 Å². The molecule has 106 valence electrons. The number of aromatic nitrogens is 1. The zero-order valence-corrected chi connectivity index (χ0v) is 12.0. The molecule has 1 fully saturated rings. The van der Waals surface area contributed by atoms with Crippen molar-refractivity contribution in [2.45, 2.75) is 45.1 Å². The number of amides is 1. The Hall–Kier alpha value is -1.77. The Morgan fingerprint density at radius 1 is 1.35 bits per heavy atom. The first-order valence-electron chi connectivity index (χ1n) is 7.65. The third-order valence-electron chi connectivity index (χ3n) is 4.53. The number of hydrogen-bond donors (Lipinski definition) is 2. The topological polar surface area (TPSA) is 44.9 Å². The third-order valence-corrected chi connectivity index (χ3v) is 4.53. The van der Waals surface area contributed by atoms with E-state index in [4.69, 9.17) is 0 Å². The fourth-order valence-electron chi connectivity index (χ4n) is 3.34. The second-order valence-electron chi connectivity index (χ2n) is 5.86. The van der Waals surface area contributed by atoms with Gasteiger partial charge >= 0.3 is 0 Å². The molecular formula is C17H22N2O. The van der Waals surface area contributed by atoms with E-state index in [-0.39, 0.29) is 5.91 Å². The summed E-state index contributed by atoms with van der Waals surface area (Å²) in [4.78, 5) is 15.6. The van der Waals surface area contributed by atoms with Gasteiger partial charge < -0.3 is 10.3 Å². The molecule has 3 heteroatoms. The van der Waals surface area contributed by atoms with Gasteiger partial charge in [0.25, 0.3) is 5.91 Å². The van der Waals surface area contributed by atoms with Gasteiger partial charge in [-0.25, -0.2) is 0 Å². The minimum absolute atomic E-state index is 0.0666. The lowest BCUT2D eigenvalue weighted by molar-refractivity contribution is 0.0921. The number of carbonyl (C=O) groups is 1. The standard InChI is InChI=1S/C17H22N2O/c1-2-12-5-3-6-13(11-12)19-17(20)15-7-4-8-16-14(15)9-10-18-16/h4,7-10,12-13,18H,2-3,5-6,11H2,1H3,(H,19,20). The Balaban J connectivity index is 1.74.